The van der Waals surface area contributed by atoms with E-state index < -0.39 is 40.9 Å². The number of halogens is 6. The highest BCUT2D eigenvalue weighted by Crippen LogP contribution is 2.53. The second kappa shape index (κ2) is 7.31. The summed E-state index contributed by atoms with van der Waals surface area (Å²) in [5.74, 6) is -3.23. The fourth-order valence-electron chi connectivity index (χ4n) is 2.04. The molecule has 0 radical (unpaired) electrons. The van der Waals surface area contributed by atoms with Gasteiger partial charge in [-0.2, -0.15) is 26.3 Å². The monoisotopic (exact) mass is 402 g/mol. The zero-order chi connectivity index (χ0) is 19.6. The lowest BCUT2D eigenvalue weighted by atomic mass is 10.1. The van der Waals surface area contributed by atoms with Crippen LogP contribution in [0.15, 0.2) is 42.5 Å². The molecule has 5 nitrogen and oxygen atoms in total. The third-order valence-corrected chi connectivity index (χ3v) is 4.24. The normalized spacial score (nSPS) is 13.0. The SMILES string of the molecule is O=C(Oc1cccc2ccccc12)C(SOOO)(C(F)(F)F)C(F)(F)F. The maximum absolute atomic E-state index is 13.2. The minimum atomic E-state index is -6.18. The van der Waals surface area contributed by atoms with Crippen molar-refractivity contribution >= 4 is 28.8 Å². The second-order valence-electron chi connectivity index (χ2n) is 4.77. The molecule has 1 N–H and O–H groups in total. The molecule has 0 aliphatic heterocycles. The molecule has 0 atom stereocenters. The first kappa shape index (κ1) is 20.3. The lowest BCUT2D eigenvalue weighted by molar-refractivity contribution is -0.434. The molecule has 0 aliphatic carbocycles. The van der Waals surface area contributed by atoms with Crippen molar-refractivity contribution in [2.45, 2.75) is 17.1 Å². The molecule has 0 unspecified atom stereocenters. The Bertz CT molecular complexity index is 772. The van der Waals surface area contributed by atoms with E-state index in [0.717, 1.165) is 6.07 Å². The van der Waals surface area contributed by atoms with Gasteiger partial charge in [0.15, 0.2) is 0 Å². The molecule has 0 heterocycles. The van der Waals surface area contributed by atoms with Gasteiger partial charge in [0.2, 0.25) is 0 Å². The van der Waals surface area contributed by atoms with Crippen LogP contribution in [0.3, 0.4) is 0 Å². The number of hydrogen-bond donors (Lipinski definition) is 1. The van der Waals surface area contributed by atoms with Crippen molar-refractivity contribution < 1.29 is 50.5 Å². The Labute approximate surface area is 145 Å². The highest BCUT2D eigenvalue weighted by atomic mass is 32.2. The topological polar surface area (TPSA) is 65.0 Å². The van der Waals surface area contributed by atoms with Gasteiger partial charge in [-0.25, -0.2) is 10.1 Å². The number of alkyl halides is 6. The van der Waals surface area contributed by atoms with Gasteiger partial charge in [0, 0.05) is 5.39 Å². The van der Waals surface area contributed by atoms with Gasteiger partial charge >= 0.3 is 23.1 Å². The molecule has 0 aromatic heterocycles. The quantitative estimate of drug-likeness (QED) is 0.196. The Morgan fingerprint density at radius 2 is 1.50 bits per heavy atom. The third-order valence-electron chi connectivity index (χ3n) is 3.23. The van der Waals surface area contributed by atoms with E-state index in [2.05, 4.69) is 14.1 Å². The number of esters is 1. The molecule has 0 spiro atoms. The highest BCUT2D eigenvalue weighted by Gasteiger charge is 2.79. The number of benzene rings is 2. The van der Waals surface area contributed by atoms with Gasteiger partial charge in [-0.1, -0.05) is 41.4 Å². The average molecular weight is 402 g/mol. The molecule has 26 heavy (non-hydrogen) atoms. The molecule has 0 fully saturated rings. The Balaban J connectivity index is 2.52. The van der Waals surface area contributed by atoms with Crippen molar-refractivity contribution in [2.75, 3.05) is 0 Å². The smallest absolute Gasteiger partial charge is 0.424 e. The van der Waals surface area contributed by atoms with Crippen molar-refractivity contribution in [2.24, 2.45) is 0 Å². The molecule has 142 valence electrons. The fraction of sp³-hybridized carbons (Fsp3) is 0.214. The van der Waals surface area contributed by atoms with E-state index in [1.807, 2.05) is 0 Å². The minimum absolute atomic E-state index is 0.117. The van der Waals surface area contributed by atoms with Crippen LogP contribution in [0.1, 0.15) is 0 Å². The highest BCUT2D eigenvalue weighted by molar-refractivity contribution is 7.96. The molecule has 0 saturated heterocycles. The second-order valence-corrected chi connectivity index (χ2v) is 5.68. The van der Waals surface area contributed by atoms with Crippen LogP contribution in [0, 0.1) is 0 Å². The molecular formula is C14H8F6O5S. The van der Waals surface area contributed by atoms with Crippen LogP contribution >= 0.6 is 12.0 Å². The Morgan fingerprint density at radius 3 is 2.08 bits per heavy atom. The summed E-state index contributed by atoms with van der Waals surface area (Å²) in [6, 6.07) is 9.74. The zero-order valence-electron chi connectivity index (χ0n) is 12.3. The number of hydrogen-bond acceptors (Lipinski definition) is 6. The van der Waals surface area contributed by atoms with Crippen molar-refractivity contribution in [3.05, 3.63) is 42.5 Å². The van der Waals surface area contributed by atoms with Crippen molar-refractivity contribution in [3.8, 4) is 5.75 Å². The average Bonchev–Trinajstić information content (AvgIpc) is 2.53. The Morgan fingerprint density at radius 1 is 0.923 bits per heavy atom. The van der Waals surface area contributed by atoms with Gasteiger partial charge in [-0.3, -0.25) is 0 Å². The maximum atomic E-state index is 13.2. The first-order chi connectivity index (χ1) is 12.0. The van der Waals surface area contributed by atoms with E-state index in [4.69, 9.17) is 5.26 Å². The lowest BCUT2D eigenvalue weighted by Gasteiger charge is -2.32. The van der Waals surface area contributed by atoms with Crippen LogP contribution < -0.4 is 4.74 Å². The number of ether oxygens (including phenoxy) is 1. The summed E-state index contributed by atoms with van der Waals surface area (Å²) in [6.45, 7) is 0. The number of carbonyl (C=O) groups is 1. The van der Waals surface area contributed by atoms with Crippen LogP contribution in [-0.2, 0) is 14.2 Å². The first-order valence-corrected chi connectivity index (χ1v) is 7.28. The van der Waals surface area contributed by atoms with Crippen molar-refractivity contribution in [3.63, 3.8) is 0 Å². The van der Waals surface area contributed by atoms with E-state index in [1.165, 1.54) is 30.3 Å². The Hall–Kier alpha value is -2.02. The predicted octanol–water partition coefficient (Wildman–Crippen LogP) is 4.68. The summed E-state index contributed by atoms with van der Waals surface area (Å²) >= 11 is -1.48. The predicted molar refractivity (Wildman–Crippen MR) is 76.8 cm³/mol. The van der Waals surface area contributed by atoms with Gasteiger partial charge < -0.3 is 4.74 Å². The molecule has 0 aliphatic rings. The van der Waals surface area contributed by atoms with E-state index in [0.29, 0.717) is 5.39 Å². The molecule has 0 amide bonds. The molecular weight excluding hydrogens is 394 g/mol. The van der Waals surface area contributed by atoms with Gasteiger partial charge in [0.05, 0.1) is 12.0 Å². The first-order valence-electron chi connectivity index (χ1n) is 6.54. The van der Waals surface area contributed by atoms with Crippen LogP contribution in [-0.4, -0.2) is 28.3 Å². The van der Waals surface area contributed by atoms with E-state index in [1.54, 1.807) is 6.07 Å². The Kier molecular flexibility index (Phi) is 5.70. The van der Waals surface area contributed by atoms with Crippen LogP contribution in [0.2, 0.25) is 0 Å². The van der Waals surface area contributed by atoms with E-state index in [-0.39, 0.29) is 5.39 Å². The lowest BCUT2D eigenvalue weighted by Crippen LogP contribution is -2.61. The summed E-state index contributed by atoms with van der Waals surface area (Å²) in [5, 5.41) is 11.3. The minimum Gasteiger partial charge on any atom is -0.424 e. The summed E-state index contributed by atoms with van der Waals surface area (Å²) in [6.07, 6.45) is -12.4. The standard InChI is InChI=1S/C14H8F6O5S/c15-13(16,17)12(14(18,19)20,26-25-24-22)11(21)23-10-7-3-5-8-4-1-2-6-9(8)10/h1-7,22H. The summed E-state index contributed by atoms with van der Waals surface area (Å²) in [4.78, 5) is 12.0. The third kappa shape index (κ3) is 3.58. The molecule has 0 saturated carbocycles. The summed E-state index contributed by atoms with van der Waals surface area (Å²) in [7, 11) is 0. The molecule has 2 rings (SSSR count). The van der Waals surface area contributed by atoms with Crippen molar-refractivity contribution in [1.82, 2.24) is 0 Å². The number of fused-ring (bicyclic) bond motifs is 1. The molecule has 2 aromatic carbocycles. The number of carbonyl (C=O) groups excluding carboxylic acids is 1. The number of rotatable bonds is 5. The van der Waals surface area contributed by atoms with Crippen LogP contribution in [0.4, 0.5) is 26.3 Å². The largest absolute Gasteiger partial charge is 0.425 e. The molecule has 2 aromatic rings. The molecule has 0 bridgehead atoms. The van der Waals surface area contributed by atoms with Gasteiger partial charge in [0.1, 0.15) is 5.75 Å². The van der Waals surface area contributed by atoms with Gasteiger partial charge in [0.25, 0.3) is 0 Å². The molecule has 12 heteroatoms. The summed E-state index contributed by atoms with van der Waals surface area (Å²) in [5.41, 5.74) is 0. The van der Waals surface area contributed by atoms with Crippen LogP contribution in [0.5, 0.6) is 5.75 Å². The van der Waals surface area contributed by atoms with E-state index >= 15 is 0 Å². The van der Waals surface area contributed by atoms with Gasteiger partial charge in [-0.05, 0) is 11.5 Å². The maximum Gasteiger partial charge on any atom is 0.425 e. The van der Waals surface area contributed by atoms with Crippen LogP contribution in [0.25, 0.3) is 10.8 Å². The zero-order valence-corrected chi connectivity index (χ0v) is 13.1. The van der Waals surface area contributed by atoms with E-state index in [9.17, 15) is 31.1 Å². The van der Waals surface area contributed by atoms with Crippen molar-refractivity contribution in [1.29, 1.82) is 0 Å². The van der Waals surface area contributed by atoms with Gasteiger partial charge in [-0.15, -0.1) is 4.33 Å². The fourth-order valence-corrected chi connectivity index (χ4v) is 2.47. The summed E-state index contributed by atoms with van der Waals surface area (Å²) < 4.78 is 81.8.